The summed E-state index contributed by atoms with van der Waals surface area (Å²) in [5, 5.41) is 4.91. The van der Waals surface area contributed by atoms with E-state index in [0.717, 1.165) is 50.5 Å². The van der Waals surface area contributed by atoms with Gasteiger partial charge in [0.05, 0.1) is 33.5 Å². The van der Waals surface area contributed by atoms with Crippen LogP contribution in [0.4, 0.5) is 0 Å². The molecule has 3 aromatic heterocycles. The van der Waals surface area contributed by atoms with Crippen molar-refractivity contribution < 1.29 is 0 Å². The molecule has 11 aromatic rings. The molecule has 0 radical (unpaired) electrons. The number of nitrogens with zero attached hydrogens (tertiary/aromatic N) is 4. The molecule has 0 N–H and O–H groups in total. The third-order valence-electron chi connectivity index (χ3n) is 10.9. The van der Waals surface area contributed by atoms with E-state index in [9.17, 15) is 0 Å². The summed E-state index contributed by atoms with van der Waals surface area (Å²) in [6.45, 7) is 0. The van der Waals surface area contributed by atoms with Gasteiger partial charge in [0.1, 0.15) is 0 Å². The van der Waals surface area contributed by atoms with Crippen LogP contribution in [0.3, 0.4) is 0 Å². The van der Waals surface area contributed by atoms with E-state index in [2.05, 4.69) is 203 Å². The van der Waals surface area contributed by atoms with Gasteiger partial charge in [0, 0.05) is 49.6 Å². The van der Waals surface area contributed by atoms with Crippen molar-refractivity contribution in [2.45, 2.75) is 0 Å². The van der Waals surface area contributed by atoms with E-state index in [0.29, 0.717) is 5.82 Å². The molecule has 0 fully saturated rings. The van der Waals surface area contributed by atoms with E-state index in [1.165, 1.54) is 43.7 Å². The average Bonchev–Trinajstić information content (AvgIpc) is 3.80. The van der Waals surface area contributed by atoms with Gasteiger partial charge < -0.3 is 9.13 Å². The average molecular weight is 715 g/mol. The predicted molar refractivity (Wildman–Crippen MR) is 232 cm³/mol. The first-order valence-electron chi connectivity index (χ1n) is 19.0. The molecule has 56 heavy (non-hydrogen) atoms. The standard InChI is InChI=1S/C52H34N4/c1-4-15-35(16-5-1)38-19-14-20-39(33-38)47-34-46(36-17-6-2-7-18-36)53-52(54-47)37-27-29-41(30-28-37)56-49-26-13-11-24-43(49)45-32-31-44-42-23-10-12-25-48(42)55(50(44)51(45)56)40-21-8-3-9-22-40/h1-34H. The normalized spacial score (nSPS) is 11.6. The number of aromatic nitrogens is 4. The topological polar surface area (TPSA) is 35.6 Å². The van der Waals surface area contributed by atoms with Crippen molar-refractivity contribution in [2.24, 2.45) is 0 Å². The van der Waals surface area contributed by atoms with Gasteiger partial charge in [0.15, 0.2) is 5.82 Å². The van der Waals surface area contributed by atoms with Gasteiger partial charge >= 0.3 is 0 Å². The molecule has 0 saturated heterocycles. The van der Waals surface area contributed by atoms with Crippen LogP contribution in [0.1, 0.15) is 0 Å². The fourth-order valence-corrected chi connectivity index (χ4v) is 8.34. The number of hydrogen-bond donors (Lipinski definition) is 0. The molecule has 0 atom stereocenters. The molecule has 11 rings (SSSR count). The van der Waals surface area contributed by atoms with Crippen molar-refractivity contribution in [3.8, 4) is 56.4 Å². The highest BCUT2D eigenvalue weighted by atomic mass is 15.0. The third kappa shape index (κ3) is 5.23. The Morgan fingerprint density at radius 2 is 0.750 bits per heavy atom. The molecule has 3 heterocycles. The molecule has 0 saturated carbocycles. The van der Waals surface area contributed by atoms with Gasteiger partial charge in [0.2, 0.25) is 0 Å². The van der Waals surface area contributed by atoms with Crippen molar-refractivity contribution in [1.82, 2.24) is 19.1 Å². The molecule has 0 aliphatic carbocycles. The second-order valence-corrected chi connectivity index (χ2v) is 14.2. The van der Waals surface area contributed by atoms with Crippen molar-refractivity contribution in [1.29, 1.82) is 0 Å². The van der Waals surface area contributed by atoms with Gasteiger partial charge in [-0.05, 0) is 71.8 Å². The number of fused-ring (bicyclic) bond motifs is 7. The molecular formula is C52H34N4. The number of para-hydroxylation sites is 3. The van der Waals surface area contributed by atoms with E-state index in [-0.39, 0.29) is 0 Å². The first kappa shape index (κ1) is 31.9. The minimum atomic E-state index is 0.687. The van der Waals surface area contributed by atoms with Crippen LogP contribution < -0.4 is 0 Å². The fraction of sp³-hybridized carbons (Fsp3) is 0. The van der Waals surface area contributed by atoms with Gasteiger partial charge in [-0.1, -0.05) is 146 Å². The van der Waals surface area contributed by atoms with Crippen LogP contribution >= 0.6 is 0 Å². The van der Waals surface area contributed by atoms with Crippen LogP contribution in [-0.4, -0.2) is 19.1 Å². The van der Waals surface area contributed by atoms with Crippen molar-refractivity contribution in [3.05, 3.63) is 206 Å². The molecule has 0 unspecified atom stereocenters. The summed E-state index contributed by atoms with van der Waals surface area (Å²) in [5.41, 5.74) is 14.1. The highest BCUT2D eigenvalue weighted by Gasteiger charge is 2.21. The SMILES string of the molecule is c1ccc(-c2cccc(-c3cc(-c4ccccc4)nc(-c4ccc(-n5c6ccccc6c6ccc7c8ccccc8n(-c8ccccc8)c7c65)cc4)n3)c2)cc1. The van der Waals surface area contributed by atoms with E-state index < -0.39 is 0 Å². The summed E-state index contributed by atoms with van der Waals surface area (Å²) in [4.78, 5) is 10.4. The Balaban J connectivity index is 1.11. The molecule has 0 aliphatic heterocycles. The maximum absolute atomic E-state index is 5.22. The van der Waals surface area contributed by atoms with Crippen molar-refractivity contribution in [2.75, 3.05) is 0 Å². The quantitative estimate of drug-likeness (QED) is 0.172. The van der Waals surface area contributed by atoms with Gasteiger partial charge in [-0.2, -0.15) is 0 Å². The Bertz CT molecular complexity index is 3220. The van der Waals surface area contributed by atoms with Crippen LogP contribution in [0.2, 0.25) is 0 Å². The molecule has 4 heteroatoms. The number of benzene rings is 8. The molecule has 0 amide bonds. The second-order valence-electron chi connectivity index (χ2n) is 14.2. The summed E-state index contributed by atoms with van der Waals surface area (Å²) >= 11 is 0. The fourth-order valence-electron chi connectivity index (χ4n) is 8.34. The molecular weight excluding hydrogens is 681 g/mol. The summed E-state index contributed by atoms with van der Waals surface area (Å²) in [7, 11) is 0. The lowest BCUT2D eigenvalue weighted by molar-refractivity contribution is 1.14. The molecule has 0 aliphatic rings. The van der Waals surface area contributed by atoms with Crippen LogP contribution in [0.25, 0.3) is 100 Å². The lowest BCUT2D eigenvalue weighted by Crippen LogP contribution is -1.99. The van der Waals surface area contributed by atoms with Gasteiger partial charge in [-0.15, -0.1) is 0 Å². The van der Waals surface area contributed by atoms with E-state index in [1.54, 1.807) is 0 Å². The second kappa shape index (κ2) is 13.1. The highest BCUT2D eigenvalue weighted by molar-refractivity contribution is 6.23. The van der Waals surface area contributed by atoms with Gasteiger partial charge in [0.25, 0.3) is 0 Å². The van der Waals surface area contributed by atoms with Crippen LogP contribution in [0.15, 0.2) is 206 Å². The van der Waals surface area contributed by atoms with Gasteiger partial charge in [-0.3, -0.25) is 0 Å². The molecule has 262 valence electrons. The Kier molecular flexibility index (Phi) is 7.46. The van der Waals surface area contributed by atoms with E-state index in [4.69, 9.17) is 9.97 Å². The molecule has 0 bridgehead atoms. The van der Waals surface area contributed by atoms with Crippen molar-refractivity contribution in [3.63, 3.8) is 0 Å². The Hall–Kier alpha value is -7.56. The molecule has 8 aromatic carbocycles. The zero-order valence-corrected chi connectivity index (χ0v) is 30.4. The minimum Gasteiger partial charge on any atom is -0.307 e. The first-order chi connectivity index (χ1) is 27.8. The minimum absolute atomic E-state index is 0.687. The van der Waals surface area contributed by atoms with Gasteiger partial charge in [-0.25, -0.2) is 9.97 Å². The smallest absolute Gasteiger partial charge is 0.160 e. The van der Waals surface area contributed by atoms with Crippen LogP contribution in [-0.2, 0) is 0 Å². The number of hydrogen-bond acceptors (Lipinski definition) is 2. The Morgan fingerprint density at radius 1 is 0.286 bits per heavy atom. The summed E-state index contributed by atoms with van der Waals surface area (Å²) in [5.74, 6) is 0.687. The monoisotopic (exact) mass is 714 g/mol. The lowest BCUT2D eigenvalue weighted by Gasteiger charge is -2.13. The summed E-state index contributed by atoms with van der Waals surface area (Å²) in [6.07, 6.45) is 0. The van der Waals surface area contributed by atoms with E-state index >= 15 is 0 Å². The lowest BCUT2D eigenvalue weighted by atomic mass is 10.0. The maximum atomic E-state index is 5.22. The zero-order valence-electron chi connectivity index (χ0n) is 30.4. The Morgan fingerprint density at radius 3 is 1.36 bits per heavy atom. The molecule has 4 nitrogen and oxygen atoms in total. The largest absolute Gasteiger partial charge is 0.307 e. The first-order valence-corrected chi connectivity index (χ1v) is 19.0. The van der Waals surface area contributed by atoms with Crippen molar-refractivity contribution >= 4 is 43.6 Å². The summed E-state index contributed by atoms with van der Waals surface area (Å²) < 4.78 is 4.85. The maximum Gasteiger partial charge on any atom is 0.160 e. The zero-order chi connectivity index (χ0) is 37.0. The predicted octanol–water partition coefficient (Wildman–Crippen LogP) is 13.3. The van der Waals surface area contributed by atoms with Crippen LogP contribution in [0, 0.1) is 0 Å². The third-order valence-corrected chi connectivity index (χ3v) is 10.9. The van der Waals surface area contributed by atoms with E-state index in [1.807, 2.05) is 12.1 Å². The molecule has 0 spiro atoms. The highest BCUT2D eigenvalue weighted by Crippen LogP contribution is 2.42. The number of rotatable bonds is 6. The summed E-state index contributed by atoms with van der Waals surface area (Å²) in [6, 6.07) is 73.1. The van der Waals surface area contributed by atoms with Crippen LogP contribution in [0.5, 0.6) is 0 Å². The Labute approximate surface area is 324 Å².